The Morgan fingerprint density at radius 1 is 0.778 bits per heavy atom. The van der Waals surface area contributed by atoms with Gasteiger partial charge in [-0.2, -0.15) is 0 Å². The minimum atomic E-state index is -0.985. The van der Waals surface area contributed by atoms with Crippen molar-refractivity contribution in [3.05, 3.63) is 154 Å². The zero-order chi connectivity index (χ0) is 43.5. The smallest absolute Gasteiger partial charge is 0.178 e. The van der Waals surface area contributed by atoms with Crippen LogP contribution >= 0.6 is 0 Å². The molecule has 2 fully saturated rings. The van der Waals surface area contributed by atoms with E-state index in [1.54, 1.807) is 21.3 Å². The molecule has 2 aliphatic heterocycles. The number of fused-ring (bicyclic) bond motifs is 10. The van der Waals surface area contributed by atoms with Crippen molar-refractivity contribution >= 4 is 22.5 Å². The number of anilines is 1. The lowest BCUT2D eigenvalue weighted by Gasteiger charge is -2.49. The molecule has 320 valence electrons. The third-order valence-corrected chi connectivity index (χ3v) is 14.7. The first-order valence-electron chi connectivity index (χ1n) is 22.5. The summed E-state index contributed by atoms with van der Waals surface area (Å²) in [7, 11) is 5.12. The molecule has 63 heavy (non-hydrogen) atoms. The monoisotopic (exact) mass is 836 g/mol. The fraction of sp³-hybridized carbons (Fsp3) is 0.345. The van der Waals surface area contributed by atoms with E-state index < -0.39 is 5.60 Å². The van der Waals surface area contributed by atoms with E-state index in [4.69, 9.17) is 18.9 Å². The average Bonchev–Trinajstić information content (AvgIpc) is 3.58. The number of piperidine rings is 1. The number of benzene rings is 6. The molecule has 4 atom stereocenters. The third-order valence-electron chi connectivity index (χ3n) is 14.7. The van der Waals surface area contributed by atoms with Gasteiger partial charge >= 0.3 is 0 Å². The molecule has 2 aliphatic carbocycles. The maximum Gasteiger partial charge on any atom is 0.178 e. The SMILES string of the molecule is COc1ccc(-c2cc3c4c(c5c(c3cc2N2CCCCC2C)-c2ccccc2C52CC(C)CC(C)(CN=[N+]=[N-])C2)C=CC(c2ccc(OC)cc2)(c2ccc(OC)cc2)O4)cc1. The highest BCUT2D eigenvalue weighted by molar-refractivity contribution is 6.11. The molecule has 1 spiro atoms. The maximum atomic E-state index is 9.61. The highest BCUT2D eigenvalue weighted by Crippen LogP contribution is 2.65. The molecular formula is C55H56N4O4. The Morgan fingerprint density at radius 3 is 2.06 bits per heavy atom. The second-order valence-corrected chi connectivity index (χ2v) is 18.8. The minimum absolute atomic E-state index is 0.206. The normalized spacial score (nSPS) is 23.0. The van der Waals surface area contributed by atoms with Crippen molar-refractivity contribution in [2.24, 2.45) is 16.4 Å². The van der Waals surface area contributed by atoms with Gasteiger partial charge in [0.05, 0.1) is 21.3 Å². The van der Waals surface area contributed by atoms with E-state index >= 15 is 0 Å². The van der Waals surface area contributed by atoms with E-state index in [2.05, 4.69) is 133 Å². The molecule has 0 aromatic heterocycles. The summed E-state index contributed by atoms with van der Waals surface area (Å²) < 4.78 is 24.9. The zero-order valence-corrected chi connectivity index (χ0v) is 37.3. The van der Waals surface area contributed by atoms with Crippen LogP contribution in [0.3, 0.4) is 0 Å². The van der Waals surface area contributed by atoms with E-state index in [0.29, 0.717) is 18.5 Å². The lowest BCUT2D eigenvalue weighted by Crippen LogP contribution is -2.43. The first kappa shape index (κ1) is 40.7. The highest BCUT2D eigenvalue weighted by atomic mass is 16.5. The molecule has 6 aromatic rings. The number of hydrogen-bond acceptors (Lipinski definition) is 6. The number of methoxy groups -OCH3 is 3. The molecule has 10 rings (SSSR count). The van der Waals surface area contributed by atoms with Crippen molar-refractivity contribution < 1.29 is 18.9 Å². The molecule has 0 amide bonds. The maximum absolute atomic E-state index is 9.61. The number of nitrogens with zero attached hydrogens (tertiary/aromatic N) is 4. The van der Waals surface area contributed by atoms with Crippen molar-refractivity contribution in [2.45, 2.75) is 76.4 Å². The van der Waals surface area contributed by atoms with Crippen LogP contribution in [0.2, 0.25) is 0 Å². The first-order chi connectivity index (χ1) is 30.6. The summed E-state index contributed by atoms with van der Waals surface area (Å²) in [6.45, 7) is 8.54. The van der Waals surface area contributed by atoms with Gasteiger partial charge in [-0.1, -0.05) is 85.7 Å². The van der Waals surface area contributed by atoms with Crippen molar-refractivity contribution in [3.63, 3.8) is 0 Å². The van der Waals surface area contributed by atoms with Crippen LogP contribution in [0.5, 0.6) is 23.0 Å². The van der Waals surface area contributed by atoms with Crippen LogP contribution in [0.1, 0.15) is 87.1 Å². The summed E-state index contributed by atoms with van der Waals surface area (Å²) in [6, 6.07) is 39.5. The zero-order valence-electron chi connectivity index (χ0n) is 37.3. The van der Waals surface area contributed by atoms with E-state index in [1.165, 1.54) is 45.3 Å². The van der Waals surface area contributed by atoms with E-state index in [1.807, 2.05) is 24.3 Å². The second-order valence-electron chi connectivity index (χ2n) is 18.8. The van der Waals surface area contributed by atoms with Crippen LogP contribution in [-0.4, -0.2) is 40.5 Å². The fourth-order valence-electron chi connectivity index (χ4n) is 12.2. The Bertz CT molecular complexity index is 2750. The van der Waals surface area contributed by atoms with Gasteiger partial charge in [-0.05, 0) is 150 Å². The van der Waals surface area contributed by atoms with Crippen molar-refractivity contribution in [1.29, 1.82) is 0 Å². The summed E-state index contributed by atoms with van der Waals surface area (Å²) in [4.78, 5) is 5.92. The molecule has 8 nitrogen and oxygen atoms in total. The van der Waals surface area contributed by atoms with Gasteiger partial charge in [-0.3, -0.25) is 0 Å². The van der Waals surface area contributed by atoms with Crippen LogP contribution in [-0.2, 0) is 11.0 Å². The lowest BCUT2D eigenvalue weighted by molar-refractivity contribution is 0.118. The molecule has 8 heteroatoms. The van der Waals surface area contributed by atoms with Crippen LogP contribution < -0.4 is 23.8 Å². The molecule has 0 N–H and O–H groups in total. The Kier molecular flexibility index (Phi) is 10.2. The van der Waals surface area contributed by atoms with E-state index in [-0.39, 0.29) is 10.8 Å². The fourth-order valence-corrected chi connectivity index (χ4v) is 12.2. The van der Waals surface area contributed by atoms with Gasteiger partial charge in [0.15, 0.2) is 5.60 Å². The Hall–Kier alpha value is -6.37. The molecule has 4 unspecified atom stereocenters. The molecule has 0 bridgehead atoms. The quantitative estimate of drug-likeness (QED) is 0.0822. The standard InChI is InChI=1S/C55H56N4O4/c1-35-31-53(3,34-57-58-56)33-54(32-35)48-13-8-7-12-43(48)50-46-30-49(59-28-10-9-11-36(59)2)45(37-14-20-40(60-4)21-15-37)29-47(46)52-44(51(50)54)26-27-55(63-52,38-16-22-41(61-5)23-17-38)39-18-24-42(62-6)25-19-39/h7-8,12-27,29-30,35-36H,9-11,28,31-34H2,1-6H3. The summed E-state index contributed by atoms with van der Waals surface area (Å²) in [6.07, 6.45) is 11.0. The first-order valence-corrected chi connectivity index (χ1v) is 22.5. The summed E-state index contributed by atoms with van der Waals surface area (Å²) in [5.74, 6) is 3.65. The summed E-state index contributed by atoms with van der Waals surface area (Å²) >= 11 is 0. The Balaban J connectivity index is 1.33. The van der Waals surface area contributed by atoms with Gasteiger partial charge in [-0.15, -0.1) is 0 Å². The van der Waals surface area contributed by atoms with Gasteiger partial charge in [-0.25, -0.2) is 0 Å². The largest absolute Gasteiger partial charge is 0.497 e. The molecule has 0 radical (unpaired) electrons. The number of azide groups is 1. The van der Waals surface area contributed by atoms with E-state index in [0.717, 1.165) is 89.3 Å². The number of hydrogen-bond donors (Lipinski definition) is 0. The van der Waals surface area contributed by atoms with Crippen molar-refractivity contribution in [2.75, 3.05) is 39.3 Å². The molecule has 1 saturated heterocycles. The topological polar surface area (TPSA) is 88.9 Å². The molecule has 4 aliphatic rings. The Morgan fingerprint density at radius 2 is 1.43 bits per heavy atom. The van der Waals surface area contributed by atoms with Crippen LogP contribution in [0, 0.1) is 11.3 Å². The van der Waals surface area contributed by atoms with Crippen molar-refractivity contribution in [3.8, 4) is 45.3 Å². The molecule has 1 saturated carbocycles. The van der Waals surface area contributed by atoms with Crippen LogP contribution in [0.15, 0.2) is 120 Å². The number of rotatable bonds is 9. The lowest BCUT2D eigenvalue weighted by atomic mass is 9.55. The predicted octanol–water partition coefficient (Wildman–Crippen LogP) is 13.7. The van der Waals surface area contributed by atoms with Gasteiger partial charge in [0.2, 0.25) is 0 Å². The average molecular weight is 837 g/mol. The summed E-state index contributed by atoms with van der Waals surface area (Å²) in [5, 5.41) is 6.52. The van der Waals surface area contributed by atoms with E-state index in [9.17, 15) is 5.53 Å². The van der Waals surface area contributed by atoms with Gasteiger partial charge in [0, 0.05) is 62.8 Å². The van der Waals surface area contributed by atoms with Gasteiger partial charge in [0.1, 0.15) is 23.0 Å². The minimum Gasteiger partial charge on any atom is -0.497 e. The molecular weight excluding hydrogens is 781 g/mol. The molecule has 2 heterocycles. The third kappa shape index (κ3) is 6.61. The molecule has 6 aromatic carbocycles. The number of ether oxygens (including phenoxy) is 4. The summed E-state index contributed by atoms with van der Waals surface area (Å²) in [5.41, 5.74) is 20.0. The highest BCUT2D eigenvalue weighted by Gasteiger charge is 2.54. The van der Waals surface area contributed by atoms with Crippen molar-refractivity contribution in [1.82, 2.24) is 0 Å². The van der Waals surface area contributed by atoms with Crippen LogP contribution in [0.4, 0.5) is 5.69 Å². The Labute approximate surface area is 371 Å². The van der Waals surface area contributed by atoms with Crippen LogP contribution in [0.25, 0.3) is 49.5 Å². The van der Waals surface area contributed by atoms with Gasteiger partial charge < -0.3 is 23.8 Å². The predicted molar refractivity (Wildman–Crippen MR) is 254 cm³/mol. The van der Waals surface area contributed by atoms with Gasteiger partial charge in [0.25, 0.3) is 0 Å². The second kappa shape index (κ2) is 15.8.